The molecule has 4 rings (SSSR count). The number of carbonyl (C=O) groups excluding carboxylic acids is 1. The van der Waals surface area contributed by atoms with Crippen molar-refractivity contribution in [2.24, 2.45) is 0 Å². The van der Waals surface area contributed by atoms with Crippen molar-refractivity contribution in [3.05, 3.63) is 89.5 Å². The average Bonchev–Trinajstić information content (AvgIpc) is 3.19. The van der Waals surface area contributed by atoms with Gasteiger partial charge in [-0.1, -0.05) is 24.3 Å². The summed E-state index contributed by atoms with van der Waals surface area (Å²) in [6, 6.07) is 19.7. The van der Waals surface area contributed by atoms with Gasteiger partial charge in [0.1, 0.15) is 17.3 Å². The molecule has 1 amide bonds. The first-order chi connectivity index (χ1) is 16.1. The number of rotatable bonds is 10. The molecule has 33 heavy (non-hydrogen) atoms. The lowest BCUT2D eigenvalue weighted by Gasteiger charge is -2.11. The Hall–Kier alpha value is -3.67. The highest BCUT2D eigenvalue weighted by atomic mass is 16.5. The molecular formula is C27H30N4O2. The Bertz CT molecular complexity index is 1220. The van der Waals surface area contributed by atoms with Crippen molar-refractivity contribution < 1.29 is 9.53 Å². The fraction of sp³-hybridized carbons (Fsp3) is 0.296. The maximum absolute atomic E-state index is 12.3. The number of hydrogen-bond donors (Lipinski definition) is 1. The van der Waals surface area contributed by atoms with Crippen molar-refractivity contribution >= 4 is 16.9 Å². The number of ether oxygens (including phenoxy) is 1. The highest BCUT2D eigenvalue weighted by Crippen LogP contribution is 2.19. The van der Waals surface area contributed by atoms with Crippen LogP contribution >= 0.6 is 0 Å². The van der Waals surface area contributed by atoms with Crippen molar-refractivity contribution in [2.75, 3.05) is 13.2 Å². The van der Waals surface area contributed by atoms with Crippen LogP contribution in [0.15, 0.2) is 66.9 Å². The normalized spacial score (nSPS) is 11.0. The third-order valence-corrected chi connectivity index (χ3v) is 5.79. The fourth-order valence-electron chi connectivity index (χ4n) is 3.81. The minimum absolute atomic E-state index is 0.165. The van der Waals surface area contributed by atoms with Gasteiger partial charge < -0.3 is 14.6 Å². The summed E-state index contributed by atoms with van der Waals surface area (Å²) in [5, 5.41) is 2.95. The number of amides is 1. The topological polar surface area (TPSA) is 69.0 Å². The van der Waals surface area contributed by atoms with Gasteiger partial charge in [0.15, 0.2) is 0 Å². The first-order valence-corrected chi connectivity index (χ1v) is 11.5. The smallest absolute Gasteiger partial charge is 0.269 e. The van der Waals surface area contributed by atoms with Gasteiger partial charge in [-0.2, -0.15) is 0 Å². The molecule has 0 saturated carbocycles. The second-order valence-electron chi connectivity index (χ2n) is 8.19. The number of benzene rings is 2. The van der Waals surface area contributed by atoms with Crippen LogP contribution in [0.25, 0.3) is 11.0 Å². The van der Waals surface area contributed by atoms with Crippen molar-refractivity contribution in [1.82, 2.24) is 19.9 Å². The first-order valence-electron chi connectivity index (χ1n) is 11.5. The van der Waals surface area contributed by atoms with Gasteiger partial charge in [-0.3, -0.25) is 9.78 Å². The summed E-state index contributed by atoms with van der Waals surface area (Å²) in [6.45, 7) is 6.27. The van der Waals surface area contributed by atoms with E-state index in [4.69, 9.17) is 9.72 Å². The Kier molecular flexibility index (Phi) is 7.35. The molecule has 0 fully saturated rings. The van der Waals surface area contributed by atoms with E-state index in [1.807, 2.05) is 30.3 Å². The Morgan fingerprint density at radius 3 is 2.67 bits per heavy atom. The molecule has 4 aromatic rings. The standard InChI is InChI=1S/C27H30N4O2/c1-20-12-13-22(19-21(20)2)33-18-8-7-17-31-25-11-4-3-9-23(25)30-26(31)14-16-29-27(32)24-10-5-6-15-28-24/h3-6,9-13,15,19H,7-8,14,16-18H2,1-2H3,(H,29,32). The van der Waals surface area contributed by atoms with Crippen LogP contribution in [0, 0.1) is 13.8 Å². The van der Waals surface area contributed by atoms with E-state index in [0.717, 1.165) is 42.0 Å². The van der Waals surface area contributed by atoms with Crippen LogP contribution in [-0.2, 0) is 13.0 Å². The number of fused-ring (bicyclic) bond motifs is 1. The van der Waals surface area contributed by atoms with Crippen LogP contribution < -0.4 is 10.1 Å². The molecule has 6 nitrogen and oxygen atoms in total. The van der Waals surface area contributed by atoms with Crippen molar-refractivity contribution in [3.63, 3.8) is 0 Å². The van der Waals surface area contributed by atoms with Gasteiger partial charge in [0.05, 0.1) is 17.6 Å². The lowest BCUT2D eigenvalue weighted by atomic mass is 10.1. The molecule has 2 aromatic carbocycles. The molecule has 170 valence electrons. The Morgan fingerprint density at radius 1 is 1.00 bits per heavy atom. The Morgan fingerprint density at radius 2 is 1.85 bits per heavy atom. The Labute approximate surface area is 194 Å². The summed E-state index contributed by atoms with van der Waals surface area (Å²) in [4.78, 5) is 21.2. The maximum Gasteiger partial charge on any atom is 0.269 e. The lowest BCUT2D eigenvalue weighted by molar-refractivity contribution is 0.0949. The summed E-state index contributed by atoms with van der Waals surface area (Å²) in [7, 11) is 0. The van der Waals surface area contributed by atoms with E-state index >= 15 is 0 Å². The molecule has 0 saturated heterocycles. The summed E-state index contributed by atoms with van der Waals surface area (Å²) >= 11 is 0. The first kappa shape index (κ1) is 22.5. The number of aromatic nitrogens is 3. The van der Waals surface area contributed by atoms with Crippen LogP contribution in [0.5, 0.6) is 5.75 Å². The van der Waals surface area contributed by atoms with E-state index in [2.05, 4.69) is 46.9 Å². The summed E-state index contributed by atoms with van der Waals surface area (Å²) in [5.74, 6) is 1.74. The van der Waals surface area contributed by atoms with E-state index in [1.54, 1.807) is 18.3 Å². The van der Waals surface area contributed by atoms with Gasteiger partial charge in [0.2, 0.25) is 0 Å². The van der Waals surface area contributed by atoms with Gasteiger partial charge in [-0.15, -0.1) is 0 Å². The molecule has 0 spiro atoms. The molecule has 0 bridgehead atoms. The average molecular weight is 443 g/mol. The third kappa shape index (κ3) is 5.77. The number of unbranched alkanes of at least 4 members (excludes halogenated alkanes) is 1. The van der Waals surface area contributed by atoms with E-state index in [1.165, 1.54) is 11.1 Å². The van der Waals surface area contributed by atoms with E-state index < -0.39 is 0 Å². The van der Waals surface area contributed by atoms with Gasteiger partial charge >= 0.3 is 0 Å². The quantitative estimate of drug-likeness (QED) is 0.356. The monoisotopic (exact) mass is 442 g/mol. The highest BCUT2D eigenvalue weighted by Gasteiger charge is 2.12. The zero-order valence-corrected chi connectivity index (χ0v) is 19.3. The molecule has 0 aliphatic carbocycles. The van der Waals surface area contributed by atoms with Crippen LogP contribution in [0.4, 0.5) is 0 Å². The molecule has 0 radical (unpaired) electrons. The third-order valence-electron chi connectivity index (χ3n) is 5.79. The number of para-hydroxylation sites is 2. The molecular weight excluding hydrogens is 412 g/mol. The van der Waals surface area contributed by atoms with Gasteiger partial charge in [0, 0.05) is 25.7 Å². The number of imidazole rings is 1. The summed E-state index contributed by atoms with van der Waals surface area (Å²) < 4.78 is 8.20. The minimum Gasteiger partial charge on any atom is -0.494 e. The summed E-state index contributed by atoms with van der Waals surface area (Å²) in [6.07, 6.45) is 4.22. The minimum atomic E-state index is -0.165. The van der Waals surface area contributed by atoms with Crippen LogP contribution in [-0.4, -0.2) is 33.6 Å². The van der Waals surface area contributed by atoms with Gasteiger partial charge in [0.25, 0.3) is 5.91 Å². The molecule has 2 heterocycles. The predicted octanol–water partition coefficient (Wildman–Crippen LogP) is 4.88. The van der Waals surface area contributed by atoms with Gasteiger partial charge in [-0.05, 0) is 74.2 Å². The largest absolute Gasteiger partial charge is 0.494 e. The van der Waals surface area contributed by atoms with Crippen molar-refractivity contribution in [3.8, 4) is 5.75 Å². The fourth-order valence-corrected chi connectivity index (χ4v) is 3.81. The number of nitrogens with zero attached hydrogens (tertiary/aromatic N) is 3. The molecule has 0 unspecified atom stereocenters. The number of nitrogens with one attached hydrogen (secondary N) is 1. The van der Waals surface area contributed by atoms with E-state index in [0.29, 0.717) is 25.3 Å². The SMILES string of the molecule is Cc1ccc(OCCCCn2c(CCNC(=O)c3ccccn3)nc3ccccc32)cc1C. The zero-order valence-electron chi connectivity index (χ0n) is 19.3. The number of aryl methyl sites for hydroxylation is 3. The highest BCUT2D eigenvalue weighted by molar-refractivity contribution is 5.92. The molecule has 0 atom stereocenters. The zero-order chi connectivity index (χ0) is 23.0. The predicted molar refractivity (Wildman–Crippen MR) is 131 cm³/mol. The second kappa shape index (κ2) is 10.8. The number of carbonyl (C=O) groups is 1. The molecule has 6 heteroatoms. The summed E-state index contributed by atoms with van der Waals surface area (Å²) in [5.41, 5.74) is 5.05. The molecule has 1 N–H and O–H groups in total. The maximum atomic E-state index is 12.3. The van der Waals surface area contributed by atoms with Crippen molar-refractivity contribution in [2.45, 2.75) is 39.7 Å². The van der Waals surface area contributed by atoms with E-state index in [9.17, 15) is 4.79 Å². The Balaban J connectivity index is 1.32. The lowest BCUT2D eigenvalue weighted by Crippen LogP contribution is -2.27. The van der Waals surface area contributed by atoms with Crippen LogP contribution in [0.2, 0.25) is 0 Å². The van der Waals surface area contributed by atoms with E-state index in [-0.39, 0.29) is 5.91 Å². The molecule has 2 aromatic heterocycles. The van der Waals surface area contributed by atoms with Crippen molar-refractivity contribution in [1.29, 1.82) is 0 Å². The number of hydrogen-bond acceptors (Lipinski definition) is 4. The second-order valence-corrected chi connectivity index (χ2v) is 8.19. The van der Waals surface area contributed by atoms with Crippen LogP contribution in [0.1, 0.15) is 40.3 Å². The molecule has 0 aliphatic rings. The van der Waals surface area contributed by atoms with Gasteiger partial charge in [-0.25, -0.2) is 4.98 Å². The van der Waals surface area contributed by atoms with Crippen LogP contribution in [0.3, 0.4) is 0 Å². The number of pyridine rings is 1. The molecule has 0 aliphatic heterocycles.